The lowest BCUT2D eigenvalue weighted by atomic mass is 9.75. The molecule has 11 heteroatoms. The first-order chi connectivity index (χ1) is 19.4. The largest absolute Gasteiger partial charge is 0.493 e. The number of carbonyl (C=O) groups is 3. The number of allylic oxidation sites excluding steroid dienone is 1. The van der Waals surface area contributed by atoms with Crippen LogP contribution in [0.3, 0.4) is 0 Å². The van der Waals surface area contributed by atoms with E-state index >= 15 is 0 Å². The van der Waals surface area contributed by atoms with E-state index in [1.54, 1.807) is 55.5 Å². The molecule has 0 radical (unpaired) electrons. The molecule has 1 aliphatic carbocycles. The molecule has 2 aliphatic rings. The van der Waals surface area contributed by atoms with Gasteiger partial charge in [0.1, 0.15) is 0 Å². The number of hydrogen-bond acceptors (Lipinski definition) is 7. The molecule has 1 heterocycles. The number of nitrogens with zero attached hydrogens (tertiary/aromatic N) is 1. The molecule has 1 fully saturated rings. The number of ether oxygens (including phenoxy) is 4. The molecule has 0 unspecified atom stereocenters. The van der Waals surface area contributed by atoms with Crippen molar-refractivity contribution in [3.05, 3.63) is 83.1 Å². The molecular formula is C30H30F3NO7. The van der Waals surface area contributed by atoms with Crippen molar-refractivity contribution in [1.29, 1.82) is 0 Å². The molecule has 1 saturated heterocycles. The Morgan fingerprint density at radius 2 is 1.71 bits per heavy atom. The zero-order chi connectivity index (χ0) is 29.9. The molecule has 0 bridgehead atoms. The maximum absolute atomic E-state index is 13.7. The number of methoxy groups -OCH3 is 3. The highest BCUT2D eigenvalue weighted by Gasteiger charge is 2.54. The second-order valence-corrected chi connectivity index (χ2v) is 9.78. The number of rotatable bonds is 8. The first kappa shape index (κ1) is 29.7. The summed E-state index contributed by atoms with van der Waals surface area (Å²) in [6, 6.07) is 12.4. The highest BCUT2D eigenvalue weighted by molar-refractivity contribution is 6.05. The van der Waals surface area contributed by atoms with Crippen molar-refractivity contribution >= 4 is 17.7 Å². The Kier molecular flexibility index (Phi) is 8.46. The van der Waals surface area contributed by atoms with E-state index in [1.165, 1.54) is 27.4 Å². The molecule has 4 rings (SSSR count). The predicted molar refractivity (Wildman–Crippen MR) is 141 cm³/mol. The van der Waals surface area contributed by atoms with Gasteiger partial charge in [-0.2, -0.15) is 13.2 Å². The minimum atomic E-state index is -5.17. The van der Waals surface area contributed by atoms with E-state index < -0.39 is 47.9 Å². The molecule has 1 aliphatic heterocycles. The van der Waals surface area contributed by atoms with Crippen molar-refractivity contribution in [3.63, 3.8) is 0 Å². The van der Waals surface area contributed by atoms with Gasteiger partial charge in [0.15, 0.2) is 22.9 Å². The van der Waals surface area contributed by atoms with Gasteiger partial charge in [-0.3, -0.25) is 14.4 Å². The summed E-state index contributed by atoms with van der Waals surface area (Å²) in [6.07, 6.45) is -3.07. The first-order valence-corrected chi connectivity index (χ1v) is 12.8. The quantitative estimate of drug-likeness (QED) is 0.429. The van der Waals surface area contributed by atoms with Crippen molar-refractivity contribution in [2.75, 3.05) is 27.9 Å². The van der Waals surface area contributed by atoms with E-state index in [4.69, 9.17) is 18.9 Å². The van der Waals surface area contributed by atoms with Gasteiger partial charge in [0.05, 0.1) is 33.3 Å². The van der Waals surface area contributed by atoms with Gasteiger partial charge in [-0.15, -0.1) is 0 Å². The number of ketones is 1. The van der Waals surface area contributed by atoms with E-state index in [0.29, 0.717) is 27.5 Å². The fraction of sp³-hybridized carbons (Fsp3) is 0.367. The zero-order valence-electron chi connectivity index (χ0n) is 23.0. The van der Waals surface area contributed by atoms with Crippen LogP contribution in [0.5, 0.6) is 11.5 Å². The summed E-state index contributed by atoms with van der Waals surface area (Å²) < 4.78 is 63.1. The van der Waals surface area contributed by atoms with E-state index in [-0.39, 0.29) is 24.2 Å². The lowest BCUT2D eigenvalue weighted by Gasteiger charge is -2.48. The van der Waals surface area contributed by atoms with Gasteiger partial charge >= 0.3 is 18.1 Å². The molecule has 0 saturated carbocycles. The van der Waals surface area contributed by atoms with Crippen LogP contribution in [0.2, 0.25) is 0 Å². The Labute approximate surface area is 235 Å². The van der Waals surface area contributed by atoms with Gasteiger partial charge in [-0.25, -0.2) is 0 Å². The number of amides is 1. The molecule has 0 spiro atoms. The van der Waals surface area contributed by atoms with Gasteiger partial charge in [0, 0.05) is 24.6 Å². The van der Waals surface area contributed by atoms with Crippen molar-refractivity contribution in [1.82, 2.24) is 4.90 Å². The molecule has 8 nitrogen and oxygen atoms in total. The van der Waals surface area contributed by atoms with Crippen LogP contribution in [0.25, 0.3) is 0 Å². The average molecular weight is 574 g/mol. The number of benzene rings is 2. The summed E-state index contributed by atoms with van der Waals surface area (Å²) >= 11 is 0. The number of esters is 1. The smallest absolute Gasteiger partial charge is 0.471 e. The topological polar surface area (TPSA) is 91.4 Å². The molecule has 3 atom stereocenters. The van der Waals surface area contributed by atoms with Crippen LogP contribution in [0.4, 0.5) is 13.2 Å². The van der Waals surface area contributed by atoms with Gasteiger partial charge in [0.25, 0.3) is 0 Å². The molecule has 2 aromatic carbocycles. The molecule has 0 aromatic heterocycles. The Hall–Kier alpha value is -4.28. The van der Waals surface area contributed by atoms with E-state index in [2.05, 4.69) is 0 Å². The second kappa shape index (κ2) is 11.7. The molecule has 218 valence electrons. The third kappa shape index (κ3) is 5.94. The van der Waals surface area contributed by atoms with E-state index in [0.717, 1.165) is 6.08 Å². The van der Waals surface area contributed by atoms with Crippen LogP contribution in [0.1, 0.15) is 30.4 Å². The monoisotopic (exact) mass is 573 g/mol. The Morgan fingerprint density at radius 1 is 1.02 bits per heavy atom. The minimum Gasteiger partial charge on any atom is -0.493 e. The van der Waals surface area contributed by atoms with Crippen molar-refractivity contribution in [2.24, 2.45) is 0 Å². The third-order valence-electron chi connectivity index (χ3n) is 7.38. The summed E-state index contributed by atoms with van der Waals surface area (Å²) in [7, 11) is 4.13. The van der Waals surface area contributed by atoms with Crippen molar-refractivity contribution < 1.29 is 46.5 Å². The normalized spacial score (nSPS) is 21.2. The highest BCUT2D eigenvalue weighted by Crippen LogP contribution is 2.44. The SMILES string of the molecule is COC1=C[C@@]2(OC(=O)[C@@H](C)c3ccccc3)CCN(C(=O)C(F)(F)F)[C@@H](Cc3ccc(OC)c(OC)c3)C2=CC1=O. The van der Waals surface area contributed by atoms with Crippen LogP contribution < -0.4 is 9.47 Å². The lowest BCUT2D eigenvalue weighted by molar-refractivity contribution is -0.190. The summed E-state index contributed by atoms with van der Waals surface area (Å²) in [5, 5.41) is 0. The van der Waals surface area contributed by atoms with Crippen LogP contribution >= 0.6 is 0 Å². The van der Waals surface area contributed by atoms with Crippen LogP contribution in [-0.4, -0.2) is 68.3 Å². The molecule has 1 amide bonds. The lowest BCUT2D eigenvalue weighted by Crippen LogP contribution is -2.59. The summed E-state index contributed by atoms with van der Waals surface area (Å²) in [4.78, 5) is 39.7. The number of alkyl halides is 3. The summed E-state index contributed by atoms with van der Waals surface area (Å²) in [5.74, 6) is -3.43. The Balaban J connectivity index is 1.80. The van der Waals surface area contributed by atoms with E-state index in [1.807, 2.05) is 0 Å². The number of hydrogen-bond donors (Lipinski definition) is 0. The number of likely N-dealkylation sites (tertiary alicyclic amines) is 1. The maximum atomic E-state index is 13.7. The zero-order valence-corrected chi connectivity index (χ0v) is 23.0. The average Bonchev–Trinajstić information content (AvgIpc) is 2.96. The van der Waals surface area contributed by atoms with Crippen LogP contribution in [-0.2, 0) is 30.3 Å². The number of carbonyl (C=O) groups excluding carboxylic acids is 3. The van der Waals surface area contributed by atoms with Gasteiger partial charge in [-0.05, 0) is 42.7 Å². The summed E-state index contributed by atoms with van der Waals surface area (Å²) in [6.45, 7) is 1.25. The standard InChI is InChI=1S/C30H30F3NO7/c1-18(20-8-6-5-7-9-20)27(36)41-29-12-13-34(28(37)30(31,32)33)22(21(29)16-23(35)26(17-29)40-4)14-19-10-11-24(38-2)25(15-19)39-3/h5-11,15-18,22H,12-14H2,1-4H3/t18-,22-,29-/m0/s1. The van der Waals surface area contributed by atoms with Crippen LogP contribution in [0, 0.1) is 0 Å². The molecule has 41 heavy (non-hydrogen) atoms. The number of fused-ring (bicyclic) bond motifs is 1. The van der Waals surface area contributed by atoms with Crippen molar-refractivity contribution in [3.8, 4) is 11.5 Å². The fourth-order valence-electron chi connectivity index (χ4n) is 5.21. The van der Waals surface area contributed by atoms with Gasteiger partial charge in [0.2, 0.25) is 5.78 Å². The fourth-order valence-corrected chi connectivity index (χ4v) is 5.21. The molecule has 2 aromatic rings. The van der Waals surface area contributed by atoms with Crippen molar-refractivity contribution in [2.45, 2.75) is 43.5 Å². The number of piperidine rings is 1. The maximum Gasteiger partial charge on any atom is 0.471 e. The summed E-state index contributed by atoms with van der Waals surface area (Å²) in [5.41, 5.74) is -0.394. The number of halogens is 3. The Bertz CT molecular complexity index is 1390. The molecular weight excluding hydrogens is 543 g/mol. The van der Waals surface area contributed by atoms with Gasteiger partial charge in [-0.1, -0.05) is 36.4 Å². The van der Waals surface area contributed by atoms with E-state index in [9.17, 15) is 27.6 Å². The highest BCUT2D eigenvalue weighted by atomic mass is 19.4. The van der Waals surface area contributed by atoms with Gasteiger partial charge < -0.3 is 23.8 Å². The third-order valence-corrected chi connectivity index (χ3v) is 7.38. The predicted octanol–water partition coefficient (Wildman–Crippen LogP) is 4.53. The van der Waals surface area contributed by atoms with Crippen LogP contribution in [0.15, 0.2) is 72.0 Å². The molecule has 0 N–H and O–H groups in total. The first-order valence-electron chi connectivity index (χ1n) is 12.8. The second-order valence-electron chi connectivity index (χ2n) is 9.78. The Morgan fingerprint density at radius 3 is 2.32 bits per heavy atom. The minimum absolute atomic E-state index is 0.0514.